The first-order chi connectivity index (χ1) is 17.9. The maximum absolute atomic E-state index is 14.4. The van der Waals surface area contributed by atoms with Crippen molar-refractivity contribution in [2.45, 2.75) is 58.3 Å². The largest absolute Gasteiger partial charge is 0.438 e. The molecule has 2 unspecified atom stereocenters. The summed E-state index contributed by atoms with van der Waals surface area (Å²) in [7, 11) is 0. The number of Topliss-reactive ketones (excluding diaryl/α,β-unsaturated/α-hetero) is 2. The quantitative estimate of drug-likeness (QED) is 0.511. The maximum Gasteiger partial charge on any atom is 0.415 e. The summed E-state index contributed by atoms with van der Waals surface area (Å²) < 4.78 is 5.99. The molecular formula is C30H35NO7. The molecule has 1 aliphatic heterocycles. The van der Waals surface area contributed by atoms with Gasteiger partial charge in [0.15, 0.2) is 23.3 Å². The van der Waals surface area contributed by atoms with Gasteiger partial charge in [-0.15, -0.1) is 0 Å². The molecule has 0 aromatic heterocycles. The van der Waals surface area contributed by atoms with Gasteiger partial charge in [0.25, 0.3) is 0 Å². The van der Waals surface area contributed by atoms with E-state index < -0.39 is 41.8 Å². The van der Waals surface area contributed by atoms with Gasteiger partial charge in [0.05, 0.1) is 17.7 Å². The van der Waals surface area contributed by atoms with Crippen LogP contribution in [0.3, 0.4) is 0 Å². The molecule has 2 saturated carbocycles. The standard InChI is InChI=1S/C30H35NO7/c1-15-13-29-16(2)11-20-23(28(20,3)4)19(25(29)35)12-17(14-32)24(34)30(29,37)26(15)38-27(36)31-10-9-22(33)18-7-5-6-8-21(18)31/h5-8,12-13,16,19-20,23-24,26,32,34,37H,9-11,14H2,1-4H3/t16?,19-,20+,23+,24+,26-,29?,30-/m0/s1. The molecule has 3 N–H and O–H groups in total. The van der Waals surface area contributed by atoms with Gasteiger partial charge >= 0.3 is 6.09 Å². The minimum absolute atomic E-state index is 0.0469. The van der Waals surface area contributed by atoms with E-state index >= 15 is 0 Å². The fourth-order valence-corrected chi connectivity index (χ4v) is 8.36. The topological polar surface area (TPSA) is 124 Å². The Balaban J connectivity index is 1.43. The number of fused-ring (bicyclic) bond motifs is 4. The Bertz CT molecular complexity index is 1310. The predicted octanol–water partition coefficient (Wildman–Crippen LogP) is 3.05. The lowest BCUT2D eigenvalue weighted by Crippen LogP contribution is -2.66. The molecule has 1 heterocycles. The second kappa shape index (κ2) is 8.10. The maximum atomic E-state index is 14.4. The number of aliphatic hydroxyl groups excluding tert-OH is 2. The molecule has 4 aliphatic carbocycles. The van der Waals surface area contributed by atoms with Crippen molar-refractivity contribution in [2.75, 3.05) is 18.1 Å². The van der Waals surface area contributed by atoms with Crippen molar-refractivity contribution in [2.24, 2.45) is 34.5 Å². The summed E-state index contributed by atoms with van der Waals surface area (Å²) in [6.45, 7) is 7.49. The van der Waals surface area contributed by atoms with E-state index in [1.807, 2.05) is 6.92 Å². The lowest BCUT2D eigenvalue weighted by molar-refractivity contribution is -0.189. The summed E-state index contributed by atoms with van der Waals surface area (Å²) in [6, 6.07) is 6.79. The number of nitrogens with zero attached hydrogens (tertiary/aromatic N) is 1. The molecule has 1 aromatic rings. The predicted molar refractivity (Wildman–Crippen MR) is 138 cm³/mol. The fraction of sp³-hybridized carbons (Fsp3) is 0.567. The fourth-order valence-electron chi connectivity index (χ4n) is 8.36. The zero-order chi connectivity index (χ0) is 27.4. The molecule has 38 heavy (non-hydrogen) atoms. The van der Waals surface area contributed by atoms with E-state index in [1.165, 1.54) is 4.90 Å². The highest BCUT2D eigenvalue weighted by atomic mass is 16.6. The summed E-state index contributed by atoms with van der Waals surface area (Å²) in [5.74, 6) is -0.858. The first-order valence-electron chi connectivity index (χ1n) is 13.5. The van der Waals surface area contributed by atoms with E-state index in [9.17, 15) is 29.7 Å². The third-order valence-corrected chi connectivity index (χ3v) is 10.4. The number of carbonyl (C=O) groups excluding carboxylic acids is 3. The molecule has 2 bridgehead atoms. The Hall–Kier alpha value is -2.81. The molecule has 0 saturated heterocycles. The smallest absolute Gasteiger partial charge is 0.415 e. The SMILES string of the molecule is CC1=CC23C(=O)[C@@H](C=C(CO)[C@@H](O)[C@]2(O)[C@H]1OC(=O)N1CCC(=O)c2ccccc21)[C@@H]1[C@@H](CC3C)C1(C)C. The number of benzene rings is 1. The van der Waals surface area contributed by atoms with Crippen molar-refractivity contribution < 1.29 is 34.4 Å². The van der Waals surface area contributed by atoms with Gasteiger partial charge in [-0.2, -0.15) is 0 Å². The third kappa shape index (κ3) is 2.99. The van der Waals surface area contributed by atoms with Gasteiger partial charge in [-0.25, -0.2) is 4.79 Å². The number of aliphatic hydroxyl groups is 3. The van der Waals surface area contributed by atoms with Gasteiger partial charge in [0.2, 0.25) is 0 Å². The third-order valence-electron chi connectivity index (χ3n) is 10.4. The second-order valence-corrected chi connectivity index (χ2v) is 12.5. The summed E-state index contributed by atoms with van der Waals surface area (Å²) in [6.07, 6.45) is 0.478. The van der Waals surface area contributed by atoms with Crippen LogP contribution in [0, 0.1) is 34.5 Å². The van der Waals surface area contributed by atoms with E-state index in [2.05, 4.69) is 13.8 Å². The van der Waals surface area contributed by atoms with Gasteiger partial charge < -0.3 is 20.1 Å². The highest BCUT2D eigenvalue weighted by molar-refractivity contribution is 6.07. The van der Waals surface area contributed by atoms with Crippen molar-refractivity contribution in [3.05, 3.63) is 53.1 Å². The van der Waals surface area contributed by atoms with Gasteiger partial charge in [0.1, 0.15) is 6.10 Å². The number of hydrogen-bond acceptors (Lipinski definition) is 7. The monoisotopic (exact) mass is 521 g/mol. The van der Waals surface area contributed by atoms with Crippen LogP contribution in [0.4, 0.5) is 10.5 Å². The molecule has 6 rings (SSSR count). The van der Waals surface area contributed by atoms with Crippen molar-refractivity contribution in [3.63, 3.8) is 0 Å². The minimum Gasteiger partial charge on any atom is -0.438 e. The van der Waals surface area contributed by atoms with E-state index in [0.717, 1.165) is 0 Å². The highest BCUT2D eigenvalue weighted by Gasteiger charge is 2.76. The lowest BCUT2D eigenvalue weighted by Gasteiger charge is -2.49. The molecule has 8 heteroatoms. The minimum atomic E-state index is -2.20. The van der Waals surface area contributed by atoms with E-state index in [-0.39, 0.29) is 53.3 Å². The number of para-hydroxylation sites is 1. The van der Waals surface area contributed by atoms with E-state index in [4.69, 9.17) is 4.74 Å². The molecule has 2 fully saturated rings. The molecular weight excluding hydrogens is 486 g/mol. The van der Waals surface area contributed by atoms with Crippen LogP contribution in [0.15, 0.2) is 47.6 Å². The Kier molecular flexibility index (Phi) is 5.43. The molecule has 202 valence electrons. The molecule has 5 aliphatic rings. The van der Waals surface area contributed by atoms with Crippen molar-refractivity contribution in [3.8, 4) is 0 Å². The van der Waals surface area contributed by atoms with E-state index in [1.54, 1.807) is 43.3 Å². The number of ether oxygens (including phenoxy) is 1. The number of anilines is 1. The van der Waals surface area contributed by atoms with Crippen LogP contribution in [0.2, 0.25) is 0 Å². The number of allylic oxidation sites excluding steroid dienone is 1. The molecule has 0 radical (unpaired) electrons. The van der Waals surface area contributed by atoms with Gasteiger partial charge in [-0.05, 0) is 59.8 Å². The van der Waals surface area contributed by atoms with Crippen molar-refractivity contribution >= 4 is 23.3 Å². The first kappa shape index (κ1) is 25.5. The molecule has 1 aromatic carbocycles. The van der Waals surface area contributed by atoms with Crippen molar-refractivity contribution in [1.29, 1.82) is 0 Å². The lowest BCUT2D eigenvalue weighted by atomic mass is 9.59. The molecule has 8 atom stereocenters. The molecule has 1 spiro atoms. The van der Waals surface area contributed by atoms with Crippen LogP contribution in [0.25, 0.3) is 0 Å². The number of carbonyl (C=O) groups is 3. The van der Waals surface area contributed by atoms with Crippen LogP contribution in [0.5, 0.6) is 0 Å². The second-order valence-electron chi connectivity index (χ2n) is 12.5. The normalized spacial score (nSPS) is 40.7. The van der Waals surface area contributed by atoms with Gasteiger partial charge in [-0.3, -0.25) is 14.5 Å². The summed E-state index contributed by atoms with van der Waals surface area (Å²) >= 11 is 0. The zero-order valence-corrected chi connectivity index (χ0v) is 22.2. The zero-order valence-electron chi connectivity index (χ0n) is 22.2. The Morgan fingerprint density at radius 3 is 2.63 bits per heavy atom. The Morgan fingerprint density at radius 2 is 1.92 bits per heavy atom. The van der Waals surface area contributed by atoms with Gasteiger partial charge in [0, 0.05) is 24.4 Å². The van der Waals surface area contributed by atoms with Crippen LogP contribution in [0.1, 0.15) is 50.9 Å². The van der Waals surface area contributed by atoms with Gasteiger partial charge in [-0.1, -0.05) is 45.1 Å². The van der Waals surface area contributed by atoms with Crippen LogP contribution < -0.4 is 4.90 Å². The Morgan fingerprint density at radius 1 is 1.21 bits per heavy atom. The first-order valence-corrected chi connectivity index (χ1v) is 13.5. The van der Waals surface area contributed by atoms with Crippen LogP contribution in [-0.2, 0) is 9.53 Å². The Labute approximate surface area is 222 Å². The number of rotatable bonds is 2. The average Bonchev–Trinajstić information content (AvgIpc) is 3.38. The van der Waals surface area contributed by atoms with E-state index in [0.29, 0.717) is 23.2 Å². The number of ketones is 2. The highest BCUT2D eigenvalue weighted by Crippen LogP contribution is 2.71. The number of hydrogen-bond donors (Lipinski definition) is 3. The molecule has 8 nitrogen and oxygen atoms in total. The summed E-state index contributed by atoms with van der Waals surface area (Å²) in [4.78, 5) is 41.8. The van der Waals surface area contributed by atoms with Crippen LogP contribution >= 0.6 is 0 Å². The van der Waals surface area contributed by atoms with Crippen LogP contribution in [-0.4, -0.2) is 63.9 Å². The summed E-state index contributed by atoms with van der Waals surface area (Å²) in [5.41, 5.74) is -2.26. The average molecular weight is 522 g/mol. The number of amides is 1. The summed E-state index contributed by atoms with van der Waals surface area (Å²) in [5, 5.41) is 34.5. The van der Waals surface area contributed by atoms with Crippen molar-refractivity contribution in [1.82, 2.24) is 0 Å². The molecule has 1 amide bonds.